The minimum Gasteiger partial charge on any atom is -0.371 e. The number of piperidine rings is 1. The number of rotatable bonds is 5. The molecule has 0 aliphatic carbocycles. The molecule has 1 heterocycles. The summed E-state index contributed by atoms with van der Waals surface area (Å²) in [5, 5.41) is 20.7. The number of Topliss-reactive ketones (excluding diaryl/α,β-unsaturated/α-hetero) is 1. The smallest absolute Gasteiger partial charge is 0.270 e. The van der Waals surface area contributed by atoms with Crippen LogP contribution in [-0.2, 0) is 0 Å². The fourth-order valence-corrected chi connectivity index (χ4v) is 3.24. The highest BCUT2D eigenvalue weighted by atomic mass is 16.6. The van der Waals surface area contributed by atoms with Gasteiger partial charge in [-0.05, 0) is 31.4 Å². The Kier molecular flexibility index (Phi) is 5.62. The van der Waals surface area contributed by atoms with Crippen LogP contribution in [0.4, 0.5) is 11.4 Å². The van der Waals surface area contributed by atoms with Gasteiger partial charge in [0.2, 0.25) is 5.78 Å². The molecule has 136 valence electrons. The number of nitriles is 1. The van der Waals surface area contributed by atoms with Crippen molar-refractivity contribution in [2.75, 3.05) is 18.0 Å². The lowest BCUT2D eigenvalue weighted by Gasteiger charge is -2.30. The van der Waals surface area contributed by atoms with E-state index in [0.29, 0.717) is 11.1 Å². The highest BCUT2D eigenvalue weighted by Crippen LogP contribution is 2.30. The molecule has 0 radical (unpaired) electrons. The third-order valence-electron chi connectivity index (χ3n) is 4.62. The summed E-state index contributed by atoms with van der Waals surface area (Å²) in [6.45, 7) is 1.71. The zero-order valence-electron chi connectivity index (χ0n) is 14.8. The Morgan fingerprint density at radius 1 is 1.11 bits per heavy atom. The van der Waals surface area contributed by atoms with Gasteiger partial charge in [-0.25, -0.2) is 0 Å². The van der Waals surface area contributed by atoms with Crippen LogP contribution in [0.5, 0.6) is 0 Å². The van der Waals surface area contributed by atoms with Gasteiger partial charge in [0.25, 0.3) is 5.69 Å². The first-order valence-electron chi connectivity index (χ1n) is 8.85. The van der Waals surface area contributed by atoms with E-state index < -0.39 is 10.7 Å². The van der Waals surface area contributed by atoms with Crippen LogP contribution in [0.25, 0.3) is 6.08 Å². The lowest BCUT2D eigenvalue weighted by Crippen LogP contribution is -2.30. The second kappa shape index (κ2) is 8.28. The molecule has 0 N–H and O–H groups in total. The molecule has 0 aromatic heterocycles. The summed E-state index contributed by atoms with van der Waals surface area (Å²) >= 11 is 0. The summed E-state index contributed by atoms with van der Waals surface area (Å²) in [6, 6.07) is 15.1. The molecule has 27 heavy (non-hydrogen) atoms. The number of hydrogen-bond donors (Lipinski definition) is 0. The van der Waals surface area contributed by atoms with Gasteiger partial charge in [0, 0.05) is 42.0 Å². The molecule has 0 unspecified atom stereocenters. The molecule has 1 aliphatic rings. The fraction of sp³-hybridized carbons (Fsp3) is 0.238. The number of carbonyl (C=O) groups is 1. The van der Waals surface area contributed by atoms with Gasteiger partial charge >= 0.3 is 0 Å². The first-order chi connectivity index (χ1) is 13.1. The van der Waals surface area contributed by atoms with Crippen LogP contribution in [0, 0.1) is 21.4 Å². The second-order valence-corrected chi connectivity index (χ2v) is 6.41. The zero-order valence-corrected chi connectivity index (χ0v) is 14.8. The summed E-state index contributed by atoms with van der Waals surface area (Å²) in [5.41, 5.74) is 1.64. The molecule has 6 heteroatoms. The Balaban J connectivity index is 2.05. The van der Waals surface area contributed by atoms with Crippen molar-refractivity contribution in [1.82, 2.24) is 0 Å². The Hall–Kier alpha value is -3.46. The summed E-state index contributed by atoms with van der Waals surface area (Å²) in [6.07, 6.45) is 4.72. The van der Waals surface area contributed by atoms with Crippen LogP contribution in [0.3, 0.4) is 0 Å². The largest absolute Gasteiger partial charge is 0.371 e. The van der Waals surface area contributed by atoms with Crippen LogP contribution in [0.15, 0.2) is 54.1 Å². The topological polar surface area (TPSA) is 87.2 Å². The number of nitrogens with zero attached hydrogens (tertiary/aromatic N) is 3. The number of nitro groups is 1. The number of carbonyl (C=O) groups excluding carboxylic acids is 1. The van der Waals surface area contributed by atoms with E-state index in [1.165, 1.54) is 18.2 Å². The van der Waals surface area contributed by atoms with E-state index in [0.717, 1.165) is 38.0 Å². The van der Waals surface area contributed by atoms with Crippen LogP contribution in [0.2, 0.25) is 0 Å². The number of hydrogen-bond acceptors (Lipinski definition) is 5. The second-order valence-electron chi connectivity index (χ2n) is 6.41. The van der Waals surface area contributed by atoms with Crippen molar-refractivity contribution in [3.63, 3.8) is 0 Å². The van der Waals surface area contributed by atoms with Crippen molar-refractivity contribution in [2.45, 2.75) is 19.3 Å². The maximum atomic E-state index is 12.6. The van der Waals surface area contributed by atoms with Gasteiger partial charge in [-0.15, -0.1) is 0 Å². The third kappa shape index (κ3) is 4.21. The third-order valence-corrected chi connectivity index (χ3v) is 4.62. The molecule has 0 atom stereocenters. The van der Waals surface area contributed by atoms with Crippen molar-refractivity contribution < 1.29 is 9.72 Å². The number of allylic oxidation sites excluding steroid dienone is 1. The molecular weight excluding hydrogens is 342 g/mol. The van der Waals surface area contributed by atoms with Gasteiger partial charge in [-0.3, -0.25) is 14.9 Å². The molecule has 0 amide bonds. The van der Waals surface area contributed by atoms with Gasteiger partial charge in [0.05, 0.1) is 4.92 Å². The average molecular weight is 361 g/mol. The summed E-state index contributed by atoms with van der Waals surface area (Å²) in [5.74, 6) is -0.394. The van der Waals surface area contributed by atoms with Gasteiger partial charge in [0.15, 0.2) is 0 Å². The highest BCUT2D eigenvalue weighted by molar-refractivity contribution is 6.14. The minimum atomic E-state index is -0.470. The number of anilines is 1. The molecule has 0 bridgehead atoms. The van der Waals surface area contributed by atoms with Crippen molar-refractivity contribution in [2.24, 2.45) is 0 Å². The summed E-state index contributed by atoms with van der Waals surface area (Å²) < 4.78 is 0. The average Bonchev–Trinajstić information content (AvgIpc) is 2.72. The van der Waals surface area contributed by atoms with Crippen LogP contribution < -0.4 is 4.90 Å². The molecule has 1 saturated heterocycles. The maximum absolute atomic E-state index is 12.6. The van der Waals surface area contributed by atoms with Crippen LogP contribution in [0.1, 0.15) is 35.2 Å². The minimum absolute atomic E-state index is 0.0417. The van der Waals surface area contributed by atoms with Crippen molar-refractivity contribution in [1.29, 1.82) is 5.26 Å². The molecule has 0 spiro atoms. The lowest BCUT2D eigenvalue weighted by molar-refractivity contribution is -0.384. The highest BCUT2D eigenvalue weighted by Gasteiger charge is 2.19. The molecule has 3 rings (SSSR count). The van der Waals surface area contributed by atoms with E-state index >= 15 is 0 Å². The molecule has 1 aliphatic heterocycles. The monoisotopic (exact) mass is 361 g/mol. The Bertz CT molecular complexity index is 923. The molecule has 6 nitrogen and oxygen atoms in total. The van der Waals surface area contributed by atoms with Gasteiger partial charge in [-0.2, -0.15) is 5.26 Å². The summed E-state index contributed by atoms with van der Waals surface area (Å²) in [4.78, 5) is 25.5. The molecular formula is C21H19N3O3. The Morgan fingerprint density at radius 2 is 1.81 bits per heavy atom. The zero-order chi connectivity index (χ0) is 19.2. The predicted molar refractivity (Wildman–Crippen MR) is 104 cm³/mol. The number of benzene rings is 2. The van der Waals surface area contributed by atoms with E-state index in [2.05, 4.69) is 4.90 Å². The Labute approximate surface area is 157 Å². The van der Waals surface area contributed by atoms with Crippen LogP contribution >= 0.6 is 0 Å². The first-order valence-corrected chi connectivity index (χ1v) is 8.85. The quantitative estimate of drug-likeness (QED) is 0.259. The van der Waals surface area contributed by atoms with Gasteiger partial charge in [-0.1, -0.05) is 30.3 Å². The van der Waals surface area contributed by atoms with Crippen molar-refractivity contribution >= 4 is 23.2 Å². The molecule has 2 aromatic rings. The SMILES string of the molecule is N#C/C(=C/c1cc([N+](=O)[O-])ccc1N1CCCCC1)C(=O)c1ccccc1. The van der Waals surface area contributed by atoms with E-state index in [4.69, 9.17) is 0 Å². The van der Waals surface area contributed by atoms with Crippen molar-refractivity contribution in [3.8, 4) is 6.07 Å². The number of ketones is 1. The van der Waals surface area contributed by atoms with Gasteiger partial charge in [0.1, 0.15) is 11.6 Å². The predicted octanol–water partition coefficient (Wildman–Crippen LogP) is 4.37. The standard InChI is InChI=1S/C21H19N3O3/c22-15-18(21(25)16-7-3-1-4-8-16)13-17-14-19(24(26)27)9-10-20(17)23-11-5-2-6-12-23/h1,3-4,7-10,13-14H,2,5-6,11-12H2/b18-13-. The van der Waals surface area contributed by atoms with E-state index in [-0.39, 0.29) is 11.3 Å². The molecule has 2 aromatic carbocycles. The molecule has 1 fully saturated rings. The van der Waals surface area contributed by atoms with Crippen LogP contribution in [-0.4, -0.2) is 23.8 Å². The summed E-state index contributed by atoms with van der Waals surface area (Å²) in [7, 11) is 0. The van der Waals surface area contributed by atoms with Gasteiger partial charge < -0.3 is 4.90 Å². The fourth-order valence-electron chi connectivity index (χ4n) is 3.24. The maximum Gasteiger partial charge on any atom is 0.270 e. The number of nitro benzene ring substituents is 1. The Morgan fingerprint density at radius 3 is 2.44 bits per heavy atom. The van der Waals surface area contributed by atoms with E-state index in [1.807, 2.05) is 6.07 Å². The molecule has 0 saturated carbocycles. The lowest BCUT2D eigenvalue weighted by atomic mass is 10.00. The first kappa shape index (κ1) is 18.3. The van der Waals surface area contributed by atoms with Crippen molar-refractivity contribution in [3.05, 3.63) is 75.3 Å². The van der Waals surface area contributed by atoms with E-state index in [9.17, 15) is 20.2 Å². The number of non-ortho nitro benzene ring substituents is 1. The normalized spacial score (nSPS) is 14.5. The van der Waals surface area contributed by atoms with E-state index in [1.54, 1.807) is 36.4 Å².